The highest BCUT2D eigenvalue weighted by molar-refractivity contribution is 9.10. The van der Waals surface area contributed by atoms with E-state index in [2.05, 4.69) is 22.0 Å². The van der Waals surface area contributed by atoms with Crippen LogP contribution >= 0.6 is 27.3 Å². The number of rotatable bonds is 4. The summed E-state index contributed by atoms with van der Waals surface area (Å²) in [6.07, 6.45) is 4.81. The molecule has 0 amide bonds. The van der Waals surface area contributed by atoms with Gasteiger partial charge in [0.2, 0.25) is 5.13 Å². The second-order valence-electron chi connectivity index (χ2n) is 10.2. The van der Waals surface area contributed by atoms with Crippen molar-refractivity contribution in [1.82, 2.24) is 4.98 Å². The number of allylic oxidation sites excluding steroid dienone is 1. The summed E-state index contributed by atoms with van der Waals surface area (Å²) in [5, 5.41) is 10.3. The number of aromatic nitrogens is 1. The molecule has 0 spiro atoms. The van der Waals surface area contributed by atoms with E-state index in [0.29, 0.717) is 22.0 Å². The molecule has 0 radical (unpaired) electrons. The van der Waals surface area contributed by atoms with Crippen LogP contribution in [0, 0.1) is 17.6 Å². The molecule has 1 fully saturated rings. The minimum atomic E-state index is -0.460. The third-order valence-corrected chi connectivity index (χ3v) is 8.91. The summed E-state index contributed by atoms with van der Waals surface area (Å²) in [5.74, 6) is -0.510. The monoisotopic (exact) mass is 629 g/mol. The predicted molar refractivity (Wildman–Crippen MR) is 162 cm³/mol. The molecule has 1 aliphatic carbocycles. The van der Waals surface area contributed by atoms with Crippen LogP contribution in [0.5, 0.6) is 0 Å². The fraction of sp³-hybridized carbons (Fsp3) is 0.156. The van der Waals surface area contributed by atoms with Crippen molar-refractivity contribution in [3.05, 3.63) is 121 Å². The second kappa shape index (κ2) is 10.5. The number of halogens is 3. The number of benzene rings is 3. The van der Waals surface area contributed by atoms with Crippen LogP contribution in [0.15, 0.2) is 103 Å². The number of fused-ring (bicyclic) bond motifs is 2. The Morgan fingerprint density at radius 3 is 2.54 bits per heavy atom. The van der Waals surface area contributed by atoms with E-state index in [4.69, 9.17) is 14.5 Å². The molecule has 2 aromatic heterocycles. The fourth-order valence-electron chi connectivity index (χ4n) is 5.68. The van der Waals surface area contributed by atoms with Crippen molar-refractivity contribution >= 4 is 55.2 Å². The molecule has 0 N–H and O–H groups in total. The average Bonchev–Trinajstić information content (AvgIpc) is 3.61. The summed E-state index contributed by atoms with van der Waals surface area (Å²) in [6.45, 7) is 0. The maximum Gasteiger partial charge on any atom is 0.345 e. The zero-order valence-corrected chi connectivity index (χ0v) is 24.0. The van der Waals surface area contributed by atoms with Gasteiger partial charge in [-0.2, -0.15) is 5.10 Å². The van der Waals surface area contributed by atoms with Crippen LogP contribution in [0.3, 0.4) is 0 Å². The van der Waals surface area contributed by atoms with E-state index in [1.807, 2.05) is 22.5 Å². The molecule has 0 saturated heterocycles. The van der Waals surface area contributed by atoms with Crippen molar-refractivity contribution in [1.29, 1.82) is 0 Å². The molecule has 41 heavy (non-hydrogen) atoms. The maximum absolute atomic E-state index is 13.9. The number of hydrazone groups is 1. The molecule has 7 rings (SSSR count). The molecule has 9 heteroatoms. The van der Waals surface area contributed by atoms with E-state index in [1.54, 1.807) is 36.4 Å². The van der Waals surface area contributed by atoms with E-state index in [9.17, 15) is 13.6 Å². The van der Waals surface area contributed by atoms with Gasteiger partial charge in [-0.15, -0.1) is 11.3 Å². The number of anilines is 1. The number of hydrogen-bond acceptors (Lipinski definition) is 6. The van der Waals surface area contributed by atoms with Gasteiger partial charge in [-0.25, -0.2) is 23.6 Å². The van der Waals surface area contributed by atoms with Crippen LogP contribution in [-0.2, 0) is 0 Å². The molecule has 0 unspecified atom stereocenters. The van der Waals surface area contributed by atoms with Crippen molar-refractivity contribution in [2.75, 3.05) is 5.01 Å². The first-order valence-electron chi connectivity index (χ1n) is 13.2. The molecule has 5 aromatic rings. The lowest BCUT2D eigenvalue weighted by molar-refractivity contribution is 0.486. The molecule has 3 heterocycles. The Kier molecular flexibility index (Phi) is 6.63. The summed E-state index contributed by atoms with van der Waals surface area (Å²) < 4.78 is 33.9. The van der Waals surface area contributed by atoms with Gasteiger partial charge in [0.05, 0.1) is 23.0 Å². The molecule has 1 saturated carbocycles. The second-order valence-corrected chi connectivity index (χ2v) is 11.9. The Morgan fingerprint density at radius 1 is 1.00 bits per heavy atom. The first-order valence-corrected chi connectivity index (χ1v) is 14.9. The molecule has 204 valence electrons. The molecule has 2 aliphatic rings. The zero-order chi connectivity index (χ0) is 28.1. The SMILES string of the molecule is O=c1oc2ccc(Br)cc2cc1-c1csc(N2N=C3/C(=C/c4ccc(F)cc4)CCC[C@H]3[C@H]2c2ccc(F)cc2)n1. The van der Waals surface area contributed by atoms with E-state index < -0.39 is 5.63 Å². The van der Waals surface area contributed by atoms with Gasteiger partial charge < -0.3 is 4.42 Å². The molecule has 2 atom stereocenters. The summed E-state index contributed by atoms with van der Waals surface area (Å²) in [7, 11) is 0. The first kappa shape index (κ1) is 26.0. The van der Waals surface area contributed by atoms with Gasteiger partial charge in [-0.05, 0) is 90.6 Å². The third kappa shape index (κ3) is 4.93. The van der Waals surface area contributed by atoms with Crippen LogP contribution in [0.1, 0.15) is 36.4 Å². The Labute approximate surface area is 246 Å². The normalized spacial score (nSPS) is 19.5. The molecular weight excluding hydrogens is 608 g/mol. The van der Waals surface area contributed by atoms with E-state index in [0.717, 1.165) is 51.5 Å². The van der Waals surface area contributed by atoms with Crippen molar-refractivity contribution in [3.63, 3.8) is 0 Å². The highest BCUT2D eigenvalue weighted by Crippen LogP contribution is 2.47. The van der Waals surface area contributed by atoms with Gasteiger partial charge in [0.1, 0.15) is 17.2 Å². The van der Waals surface area contributed by atoms with Crippen molar-refractivity contribution < 1.29 is 13.2 Å². The smallest absolute Gasteiger partial charge is 0.345 e. The molecule has 3 aromatic carbocycles. The highest BCUT2D eigenvalue weighted by atomic mass is 79.9. The molecule has 5 nitrogen and oxygen atoms in total. The number of hydrogen-bond donors (Lipinski definition) is 0. The van der Waals surface area contributed by atoms with Gasteiger partial charge in [0, 0.05) is 21.2 Å². The first-order chi connectivity index (χ1) is 19.9. The summed E-state index contributed by atoms with van der Waals surface area (Å²) in [4.78, 5) is 17.7. The van der Waals surface area contributed by atoms with Crippen LogP contribution in [0.4, 0.5) is 13.9 Å². The standard InChI is InChI=1S/C32H22BrF2N3O2S/c33-22-8-13-28-21(15-22)16-26(31(39)40-28)27-17-41-32(36-27)38-30(19-6-11-24(35)12-7-19)25-3-1-2-20(29(25)37-38)14-18-4-9-23(34)10-5-18/h4-17,25,30H,1-3H2/b20-14+/t25-,30-/m1/s1. The molecule has 1 aliphatic heterocycles. The van der Waals surface area contributed by atoms with Gasteiger partial charge in [-0.1, -0.05) is 40.2 Å². The van der Waals surface area contributed by atoms with Crippen LogP contribution < -0.4 is 10.6 Å². The summed E-state index contributed by atoms with van der Waals surface area (Å²) in [5.41, 5.74) is 4.83. The van der Waals surface area contributed by atoms with Gasteiger partial charge >= 0.3 is 5.63 Å². The zero-order valence-electron chi connectivity index (χ0n) is 21.6. The highest BCUT2D eigenvalue weighted by Gasteiger charge is 2.43. The van der Waals surface area contributed by atoms with Crippen LogP contribution in [-0.4, -0.2) is 10.7 Å². The van der Waals surface area contributed by atoms with E-state index in [1.165, 1.54) is 35.6 Å². The molecular formula is C32H22BrF2N3O2S. The third-order valence-electron chi connectivity index (χ3n) is 7.58. The van der Waals surface area contributed by atoms with Crippen molar-refractivity contribution in [2.24, 2.45) is 11.0 Å². The number of nitrogens with zero attached hydrogens (tertiary/aromatic N) is 3. The molecule has 0 bridgehead atoms. The predicted octanol–water partition coefficient (Wildman–Crippen LogP) is 8.76. The quantitative estimate of drug-likeness (QED) is 0.186. The van der Waals surface area contributed by atoms with Crippen molar-refractivity contribution in [3.8, 4) is 11.3 Å². The average molecular weight is 631 g/mol. The largest absolute Gasteiger partial charge is 0.422 e. The lowest BCUT2D eigenvalue weighted by atomic mass is 9.77. The van der Waals surface area contributed by atoms with E-state index >= 15 is 0 Å². The Balaban J connectivity index is 1.31. The Hall–Kier alpha value is -3.95. The topological polar surface area (TPSA) is 58.7 Å². The summed E-state index contributed by atoms with van der Waals surface area (Å²) >= 11 is 4.87. The fourth-order valence-corrected chi connectivity index (χ4v) is 6.87. The lowest BCUT2D eigenvalue weighted by Gasteiger charge is -2.29. The van der Waals surface area contributed by atoms with Gasteiger partial charge in [0.15, 0.2) is 0 Å². The Morgan fingerprint density at radius 2 is 1.76 bits per heavy atom. The van der Waals surface area contributed by atoms with Crippen LogP contribution in [0.25, 0.3) is 28.3 Å². The van der Waals surface area contributed by atoms with Crippen LogP contribution in [0.2, 0.25) is 0 Å². The minimum absolute atomic E-state index is 0.0661. The minimum Gasteiger partial charge on any atom is -0.422 e. The number of thiazole rings is 1. The van der Waals surface area contributed by atoms with Gasteiger partial charge in [0.25, 0.3) is 0 Å². The van der Waals surface area contributed by atoms with Crippen molar-refractivity contribution in [2.45, 2.75) is 25.3 Å². The Bertz CT molecular complexity index is 1900. The maximum atomic E-state index is 13.9. The van der Waals surface area contributed by atoms with Gasteiger partial charge in [-0.3, -0.25) is 0 Å². The lowest BCUT2D eigenvalue weighted by Crippen LogP contribution is -2.28. The van der Waals surface area contributed by atoms with E-state index in [-0.39, 0.29) is 23.6 Å². The summed E-state index contributed by atoms with van der Waals surface area (Å²) in [6, 6.07) is 20.0.